The lowest BCUT2D eigenvalue weighted by atomic mass is 9.84. The van der Waals surface area contributed by atoms with Crippen molar-refractivity contribution in [2.45, 2.75) is 44.2 Å². The molecule has 0 heterocycles. The number of carboxylic acids is 5. The van der Waals surface area contributed by atoms with Crippen LogP contribution in [-0.4, -0.2) is 121 Å². The third-order valence-corrected chi connectivity index (χ3v) is 6.86. The molecule has 1 unspecified atom stereocenters. The van der Waals surface area contributed by atoms with Crippen molar-refractivity contribution in [3.05, 3.63) is 39.9 Å². The Morgan fingerprint density at radius 3 is 1.73 bits per heavy atom. The predicted octanol–water partition coefficient (Wildman–Crippen LogP) is 0.0515. The average Bonchev–Trinajstić information content (AvgIpc) is 3.28. The summed E-state index contributed by atoms with van der Waals surface area (Å²) in [5.41, 5.74) is -0.352. The summed E-state index contributed by atoms with van der Waals surface area (Å²) in [5, 5.41) is 60.6. The van der Waals surface area contributed by atoms with Crippen LogP contribution in [0.15, 0.2) is 24.3 Å². The number of carboxylic acid groups (broad SMARTS) is 5. The molecular formula is C25H34N4O12. The van der Waals surface area contributed by atoms with Gasteiger partial charge in [0.15, 0.2) is 0 Å². The number of nitrogens with one attached hydrogen (secondary N) is 1. The van der Waals surface area contributed by atoms with Gasteiger partial charge in [-0.2, -0.15) is 0 Å². The SMILES string of the molecule is O=C(O)CN(CC(=O)O)CC1(CN(CC(=O)O)CC(Cc2ccc([N+](=O)[O-])cc2)NC(C(=O)O)C(=O)O)CCCC1. The molecule has 0 aliphatic heterocycles. The van der Waals surface area contributed by atoms with E-state index >= 15 is 0 Å². The summed E-state index contributed by atoms with van der Waals surface area (Å²) in [6.45, 7) is -1.55. The quantitative estimate of drug-likeness (QED) is 0.0716. The number of carbonyl (C=O) groups is 5. The standard InChI is InChI=1S/C25H34N4O12/c30-19(31)11-27(14-25(7-1-2-8-25)15-28(12-20(32)33)13-21(34)35)10-17(26-22(23(36)37)24(38)39)9-16-3-5-18(6-4-16)29(40)41/h3-6,17,22,26H,1-2,7-15H2,(H,30,31)(H,32,33)(H,34,35)(H,36,37)(H,38,39). The Hall–Kier alpha value is -4.15. The Labute approximate surface area is 234 Å². The maximum atomic E-state index is 11.8. The molecule has 1 saturated carbocycles. The summed E-state index contributed by atoms with van der Waals surface area (Å²) in [7, 11) is 0. The fraction of sp³-hybridized carbons (Fsp3) is 0.560. The van der Waals surface area contributed by atoms with Crippen molar-refractivity contribution in [1.29, 1.82) is 0 Å². The van der Waals surface area contributed by atoms with E-state index in [-0.39, 0.29) is 31.7 Å². The Balaban J connectivity index is 2.37. The molecule has 1 aliphatic carbocycles. The van der Waals surface area contributed by atoms with Crippen molar-refractivity contribution in [2.24, 2.45) is 5.41 Å². The first kappa shape index (κ1) is 33.1. The van der Waals surface area contributed by atoms with Gasteiger partial charge in [0, 0.05) is 37.8 Å². The molecule has 16 nitrogen and oxygen atoms in total. The number of nitrogens with zero attached hydrogens (tertiary/aromatic N) is 3. The van der Waals surface area contributed by atoms with Crippen LogP contribution in [0.25, 0.3) is 0 Å². The summed E-state index contributed by atoms with van der Waals surface area (Å²) in [5.74, 6) is -6.99. The Morgan fingerprint density at radius 2 is 1.29 bits per heavy atom. The molecule has 226 valence electrons. The van der Waals surface area contributed by atoms with E-state index in [1.54, 1.807) is 0 Å². The van der Waals surface area contributed by atoms with E-state index in [1.165, 1.54) is 34.1 Å². The number of hydrogen-bond donors (Lipinski definition) is 6. The first-order valence-electron chi connectivity index (χ1n) is 12.7. The minimum absolute atomic E-state index is 0.00231. The summed E-state index contributed by atoms with van der Waals surface area (Å²) in [6, 6.07) is 2.38. The largest absolute Gasteiger partial charge is 0.480 e. The monoisotopic (exact) mass is 582 g/mol. The van der Waals surface area contributed by atoms with Crippen LogP contribution >= 0.6 is 0 Å². The lowest BCUT2D eigenvalue weighted by Gasteiger charge is -2.39. The van der Waals surface area contributed by atoms with E-state index in [9.17, 15) is 59.6 Å². The molecule has 0 amide bonds. The molecule has 41 heavy (non-hydrogen) atoms. The van der Waals surface area contributed by atoms with Gasteiger partial charge in [0.1, 0.15) is 0 Å². The lowest BCUT2D eigenvalue weighted by molar-refractivity contribution is -0.384. The third-order valence-electron chi connectivity index (χ3n) is 6.86. The van der Waals surface area contributed by atoms with Gasteiger partial charge in [0.2, 0.25) is 6.04 Å². The van der Waals surface area contributed by atoms with Crippen LogP contribution in [0, 0.1) is 15.5 Å². The van der Waals surface area contributed by atoms with Gasteiger partial charge in [-0.25, -0.2) is 9.59 Å². The second-order valence-electron chi connectivity index (χ2n) is 10.3. The topological polar surface area (TPSA) is 248 Å². The molecule has 0 radical (unpaired) electrons. The van der Waals surface area contributed by atoms with Crippen molar-refractivity contribution < 1.29 is 54.4 Å². The number of rotatable bonds is 19. The van der Waals surface area contributed by atoms with Gasteiger partial charge in [0.25, 0.3) is 5.69 Å². The van der Waals surface area contributed by atoms with Crippen LogP contribution in [0.5, 0.6) is 0 Å². The highest BCUT2D eigenvalue weighted by Crippen LogP contribution is 2.39. The molecule has 0 saturated heterocycles. The number of hydrogen-bond acceptors (Lipinski definition) is 10. The molecular weight excluding hydrogens is 548 g/mol. The van der Waals surface area contributed by atoms with Crippen LogP contribution < -0.4 is 5.32 Å². The molecule has 1 aromatic carbocycles. The first-order valence-corrected chi connectivity index (χ1v) is 12.7. The molecule has 1 aliphatic rings. The average molecular weight is 583 g/mol. The van der Waals surface area contributed by atoms with E-state index in [1.807, 2.05) is 0 Å². The highest BCUT2D eigenvalue weighted by Gasteiger charge is 2.39. The predicted molar refractivity (Wildman–Crippen MR) is 139 cm³/mol. The Kier molecular flexibility index (Phi) is 12.1. The van der Waals surface area contributed by atoms with E-state index < -0.39 is 71.9 Å². The van der Waals surface area contributed by atoms with Gasteiger partial charge >= 0.3 is 29.8 Å². The molecule has 6 N–H and O–H groups in total. The fourth-order valence-electron chi connectivity index (χ4n) is 5.38. The van der Waals surface area contributed by atoms with Gasteiger partial charge in [0.05, 0.1) is 24.6 Å². The molecule has 16 heteroatoms. The summed E-state index contributed by atoms with van der Waals surface area (Å²) < 4.78 is 0. The Morgan fingerprint density at radius 1 is 0.829 bits per heavy atom. The van der Waals surface area contributed by atoms with Crippen LogP contribution in [0.3, 0.4) is 0 Å². The maximum absolute atomic E-state index is 11.8. The lowest BCUT2D eigenvalue weighted by Crippen LogP contribution is -2.55. The third kappa shape index (κ3) is 11.1. The van der Waals surface area contributed by atoms with E-state index in [0.717, 1.165) is 12.8 Å². The van der Waals surface area contributed by atoms with E-state index in [4.69, 9.17) is 0 Å². The van der Waals surface area contributed by atoms with E-state index in [2.05, 4.69) is 5.32 Å². The number of aliphatic carboxylic acids is 5. The molecule has 0 bridgehead atoms. The normalized spacial score (nSPS) is 15.2. The van der Waals surface area contributed by atoms with Crippen LogP contribution in [0.4, 0.5) is 5.69 Å². The zero-order valence-electron chi connectivity index (χ0n) is 22.2. The molecule has 2 rings (SSSR count). The van der Waals surface area contributed by atoms with Gasteiger partial charge in [-0.15, -0.1) is 0 Å². The molecule has 1 aromatic rings. The highest BCUT2D eigenvalue weighted by atomic mass is 16.6. The number of non-ortho nitro benzene ring substituents is 1. The van der Waals surface area contributed by atoms with Crippen molar-refractivity contribution in [3.8, 4) is 0 Å². The second-order valence-corrected chi connectivity index (χ2v) is 10.3. The van der Waals surface area contributed by atoms with Crippen molar-refractivity contribution in [1.82, 2.24) is 15.1 Å². The maximum Gasteiger partial charge on any atom is 0.332 e. The highest BCUT2D eigenvalue weighted by molar-refractivity contribution is 5.97. The fourth-order valence-corrected chi connectivity index (χ4v) is 5.38. The van der Waals surface area contributed by atoms with Crippen LogP contribution in [0.1, 0.15) is 31.2 Å². The number of nitro groups is 1. The minimum atomic E-state index is -2.02. The minimum Gasteiger partial charge on any atom is -0.480 e. The zero-order valence-corrected chi connectivity index (χ0v) is 22.2. The van der Waals surface area contributed by atoms with Crippen LogP contribution in [0.2, 0.25) is 0 Å². The van der Waals surface area contributed by atoms with Gasteiger partial charge < -0.3 is 25.5 Å². The number of benzene rings is 1. The summed E-state index contributed by atoms with van der Waals surface area (Å²) >= 11 is 0. The van der Waals surface area contributed by atoms with Crippen molar-refractivity contribution >= 4 is 35.5 Å². The number of nitro benzene ring substituents is 1. The van der Waals surface area contributed by atoms with E-state index in [0.29, 0.717) is 18.4 Å². The molecule has 1 atom stereocenters. The van der Waals surface area contributed by atoms with Crippen LogP contribution in [-0.2, 0) is 30.4 Å². The summed E-state index contributed by atoms with van der Waals surface area (Å²) in [4.78, 5) is 70.9. The molecule has 0 spiro atoms. The summed E-state index contributed by atoms with van der Waals surface area (Å²) in [6.07, 6.45) is 2.62. The van der Waals surface area contributed by atoms with Gasteiger partial charge in [-0.1, -0.05) is 25.0 Å². The zero-order chi connectivity index (χ0) is 30.7. The second kappa shape index (κ2) is 15.0. The van der Waals surface area contributed by atoms with Crippen molar-refractivity contribution in [3.63, 3.8) is 0 Å². The van der Waals surface area contributed by atoms with Crippen molar-refractivity contribution in [2.75, 3.05) is 39.3 Å². The molecule has 1 fully saturated rings. The van der Waals surface area contributed by atoms with Gasteiger partial charge in [-0.3, -0.25) is 39.6 Å². The smallest absolute Gasteiger partial charge is 0.332 e. The van der Waals surface area contributed by atoms with Gasteiger partial charge in [-0.05, 0) is 30.2 Å². The Bertz CT molecular complexity index is 1090. The molecule has 0 aromatic heterocycles. The first-order chi connectivity index (χ1) is 19.2.